The minimum absolute atomic E-state index is 0.243. The van der Waals surface area contributed by atoms with Gasteiger partial charge in [0, 0.05) is 21.2 Å². The van der Waals surface area contributed by atoms with Gasteiger partial charge in [-0.2, -0.15) is 0 Å². The average Bonchev–Trinajstić information content (AvgIpc) is 2.47. The molecule has 2 nitrogen and oxygen atoms in total. The summed E-state index contributed by atoms with van der Waals surface area (Å²) < 4.78 is 1.05. The van der Waals surface area contributed by atoms with Gasteiger partial charge in [0.25, 0.3) is 0 Å². The predicted molar refractivity (Wildman–Crippen MR) is 89.0 cm³/mol. The van der Waals surface area contributed by atoms with Gasteiger partial charge in [-0.3, -0.25) is 0 Å². The lowest BCUT2D eigenvalue weighted by Crippen LogP contribution is -2.38. The highest BCUT2D eigenvalue weighted by molar-refractivity contribution is 9.10. The lowest BCUT2D eigenvalue weighted by molar-refractivity contribution is 0.167. The van der Waals surface area contributed by atoms with Gasteiger partial charge in [-0.05, 0) is 40.0 Å². The highest BCUT2D eigenvalue weighted by atomic mass is 79.9. The van der Waals surface area contributed by atoms with E-state index < -0.39 is 6.10 Å². The summed E-state index contributed by atoms with van der Waals surface area (Å²) >= 11 is 5.12. The van der Waals surface area contributed by atoms with Crippen molar-refractivity contribution in [2.24, 2.45) is 5.73 Å². The molecule has 0 heterocycles. The molecule has 0 saturated heterocycles. The summed E-state index contributed by atoms with van der Waals surface area (Å²) in [4.78, 5) is 1.12. The number of thioether (sulfide) groups is 1. The molecule has 4 heteroatoms. The van der Waals surface area contributed by atoms with Crippen LogP contribution >= 0.6 is 27.7 Å². The molecule has 2 aromatic carbocycles. The number of halogens is 1. The van der Waals surface area contributed by atoms with Crippen LogP contribution in [0.1, 0.15) is 5.56 Å². The first kappa shape index (κ1) is 15.6. The minimum atomic E-state index is -0.521. The average molecular weight is 352 g/mol. The molecule has 0 saturated carbocycles. The second-order valence-corrected chi connectivity index (χ2v) is 6.58. The number of aliphatic hydroxyl groups is 1. The van der Waals surface area contributed by atoms with Crippen LogP contribution < -0.4 is 5.73 Å². The maximum Gasteiger partial charge on any atom is 0.0788 e. The maximum absolute atomic E-state index is 10.2. The Labute approximate surface area is 132 Å². The van der Waals surface area contributed by atoms with E-state index in [4.69, 9.17) is 5.73 Å². The van der Waals surface area contributed by atoms with Crippen LogP contribution in [0.15, 0.2) is 64.0 Å². The largest absolute Gasteiger partial charge is 0.391 e. The Morgan fingerprint density at radius 2 is 1.70 bits per heavy atom. The molecule has 0 bridgehead atoms. The van der Waals surface area contributed by atoms with E-state index in [1.54, 1.807) is 11.8 Å². The molecule has 106 valence electrons. The lowest BCUT2D eigenvalue weighted by Gasteiger charge is -2.18. The molecule has 0 aliphatic rings. The van der Waals surface area contributed by atoms with E-state index in [1.807, 2.05) is 54.6 Å². The summed E-state index contributed by atoms with van der Waals surface area (Å²) in [6, 6.07) is 17.8. The van der Waals surface area contributed by atoms with Crippen LogP contribution in [0.4, 0.5) is 0 Å². The fraction of sp³-hybridized carbons (Fsp3) is 0.250. The molecule has 0 fully saturated rings. The van der Waals surface area contributed by atoms with Gasteiger partial charge >= 0.3 is 0 Å². The summed E-state index contributed by atoms with van der Waals surface area (Å²) in [7, 11) is 0. The van der Waals surface area contributed by atoms with E-state index in [9.17, 15) is 5.11 Å². The van der Waals surface area contributed by atoms with Crippen LogP contribution in [0, 0.1) is 0 Å². The van der Waals surface area contributed by atoms with Crippen molar-refractivity contribution in [1.82, 2.24) is 0 Å². The molecular formula is C16H18BrNOS. The smallest absolute Gasteiger partial charge is 0.0788 e. The van der Waals surface area contributed by atoms with Gasteiger partial charge in [0.05, 0.1) is 6.10 Å². The molecule has 3 N–H and O–H groups in total. The van der Waals surface area contributed by atoms with E-state index in [-0.39, 0.29) is 6.04 Å². The Hall–Kier alpha value is -0.810. The van der Waals surface area contributed by atoms with Crippen LogP contribution in [0.2, 0.25) is 0 Å². The first-order valence-corrected chi connectivity index (χ1v) is 8.29. The van der Waals surface area contributed by atoms with Gasteiger partial charge in [0.1, 0.15) is 0 Å². The van der Waals surface area contributed by atoms with E-state index in [2.05, 4.69) is 15.9 Å². The van der Waals surface area contributed by atoms with Crippen molar-refractivity contribution in [3.05, 3.63) is 64.6 Å². The van der Waals surface area contributed by atoms with Crippen LogP contribution in [0.5, 0.6) is 0 Å². The van der Waals surface area contributed by atoms with Crippen molar-refractivity contribution < 1.29 is 5.11 Å². The first-order valence-electron chi connectivity index (χ1n) is 6.51. The van der Waals surface area contributed by atoms with E-state index in [1.165, 1.54) is 0 Å². The topological polar surface area (TPSA) is 46.2 Å². The highest BCUT2D eigenvalue weighted by Crippen LogP contribution is 2.27. The normalized spacial score (nSPS) is 13.9. The Kier molecular flexibility index (Phi) is 6.10. The fourth-order valence-corrected chi connectivity index (χ4v) is 3.49. The molecule has 2 unspecified atom stereocenters. The zero-order valence-electron chi connectivity index (χ0n) is 11.1. The molecule has 20 heavy (non-hydrogen) atoms. The van der Waals surface area contributed by atoms with Crippen molar-refractivity contribution in [3.8, 4) is 0 Å². The molecule has 0 radical (unpaired) electrons. The van der Waals surface area contributed by atoms with Gasteiger partial charge in [-0.15, -0.1) is 11.8 Å². The fourth-order valence-electron chi connectivity index (χ4n) is 1.88. The quantitative estimate of drug-likeness (QED) is 0.783. The molecule has 0 aliphatic heterocycles. The number of aliphatic hydroxyl groups excluding tert-OH is 1. The van der Waals surface area contributed by atoms with Crippen molar-refractivity contribution in [2.45, 2.75) is 23.5 Å². The van der Waals surface area contributed by atoms with Gasteiger partial charge in [-0.1, -0.05) is 42.5 Å². The van der Waals surface area contributed by atoms with Crippen molar-refractivity contribution in [2.75, 3.05) is 5.75 Å². The Bertz CT molecular complexity index is 535. The standard InChI is InChI=1S/C16H18BrNOS/c17-13-8-4-5-9-16(13)20-11-15(19)14(18)10-12-6-2-1-3-7-12/h1-9,14-15,19H,10-11,18H2. The van der Waals surface area contributed by atoms with Crippen LogP contribution in [-0.2, 0) is 6.42 Å². The molecule has 2 atom stereocenters. The van der Waals surface area contributed by atoms with Crippen molar-refractivity contribution >= 4 is 27.7 Å². The second-order valence-electron chi connectivity index (χ2n) is 4.66. The predicted octanol–water partition coefficient (Wildman–Crippen LogP) is 3.47. The van der Waals surface area contributed by atoms with Gasteiger partial charge < -0.3 is 10.8 Å². The maximum atomic E-state index is 10.2. The monoisotopic (exact) mass is 351 g/mol. The van der Waals surface area contributed by atoms with Crippen LogP contribution in [-0.4, -0.2) is 23.0 Å². The van der Waals surface area contributed by atoms with Gasteiger partial charge in [0.15, 0.2) is 0 Å². The summed E-state index contributed by atoms with van der Waals surface area (Å²) in [5.74, 6) is 0.594. The summed E-state index contributed by atoms with van der Waals surface area (Å²) in [5, 5.41) is 10.2. The second kappa shape index (κ2) is 7.84. The number of hydrogen-bond donors (Lipinski definition) is 2. The Morgan fingerprint density at radius 3 is 2.40 bits per heavy atom. The minimum Gasteiger partial charge on any atom is -0.391 e. The molecule has 0 aliphatic carbocycles. The molecule has 2 rings (SSSR count). The zero-order chi connectivity index (χ0) is 14.4. The summed E-state index contributed by atoms with van der Waals surface area (Å²) in [6.45, 7) is 0. The molecule has 0 aromatic heterocycles. The lowest BCUT2D eigenvalue weighted by atomic mass is 10.0. The zero-order valence-corrected chi connectivity index (χ0v) is 13.5. The van der Waals surface area contributed by atoms with Crippen LogP contribution in [0.3, 0.4) is 0 Å². The number of nitrogens with two attached hydrogens (primary N) is 1. The van der Waals surface area contributed by atoms with Crippen LogP contribution in [0.25, 0.3) is 0 Å². The van der Waals surface area contributed by atoms with Gasteiger partial charge in [-0.25, -0.2) is 0 Å². The molecule has 0 amide bonds. The number of benzene rings is 2. The Balaban J connectivity index is 1.85. The highest BCUT2D eigenvalue weighted by Gasteiger charge is 2.16. The summed E-state index contributed by atoms with van der Waals surface area (Å²) in [6.07, 6.45) is 0.172. The van der Waals surface area contributed by atoms with Crippen molar-refractivity contribution in [3.63, 3.8) is 0 Å². The number of hydrogen-bond acceptors (Lipinski definition) is 3. The Morgan fingerprint density at radius 1 is 1.05 bits per heavy atom. The summed E-state index contributed by atoms with van der Waals surface area (Å²) in [5.41, 5.74) is 7.23. The molecular weight excluding hydrogens is 334 g/mol. The third-order valence-corrected chi connectivity index (χ3v) is 5.18. The van der Waals surface area contributed by atoms with E-state index in [0.29, 0.717) is 12.2 Å². The number of rotatable bonds is 6. The van der Waals surface area contributed by atoms with E-state index >= 15 is 0 Å². The van der Waals surface area contributed by atoms with Gasteiger partial charge in [0.2, 0.25) is 0 Å². The first-order chi connectivity index (χ1) is 9.66. The third-order valence-electron chi connectivity index (χ3n) is 3.05. The third kappa shape index (κ3) is 4.63. The molecule has 0 spiro atoms. The van der Waals surface area contributed by atoms with Crippen molar-refractivity contribution in [1.29, 1.82) is 0 Å². The van der Waals surface area contributed by atoms with E-state index in [0.717, 1.165) is 14.9 Å². The molecule has 2 aromatic rings. The SMILES string of the molecule is NC(Cc1ccccc1)C(O)CSc1ccccc1Br.